The molecule has 0 N–H and O–H groups in total. The van der Waals surface area contributed by atoms with Crippen molar-refractivity contribution in [2.75, 3.05) is 14.2 Å². The molecule has 2 atom stereocenters. The molecule has 4 rings (SSSR count). The Morgan fingerprint density at radius 3 is 2.56 bits per heavy atom. The average molecular weight is 384 g/mol. The normalized spacial score (nSPS) is 20.9. The lowest BCUT2D eigenvalue weighted by Gasteiger charge is -2.35. The smallest absolute Gasteiger partial charge is 0.252 e. The van der Waals surface area contributed by atoms with Gasteiger partial charge in [0.05, 0.1) is 26.0 Å². The largest absolute Gasteiger partial charge is 0.493 e. The Morgan fingerprint density at radius 2 is 1.81 bits per heavy atom. The third kappa shape index (κ3) is 3.23. The first-order chi connectivity index (χ1) is 13.1. The standard InChI is InChI=1S/C22H22ClNO3/c1-26-19-11-16-15-8-3-4-9-18(15)24-21(17(16)12-20(19)27-2)13-6-5-7-14(10-13)22(23)25/h5-7,10-12,15,18H,3-4,8-9H2,1-2H3/t15-,18-/m1/s1. The van der Waals surface area contributed by atoms with E-state index in [0.29, 0.717) is 17.2 Å². The first kappa shape index (κ1) is 18.1. The molecule has 4 nitrogen and oxygen atoms in total. The summed E-state index contributed by atoms with van der Waals surface area (Å²) in [6.07, 6.45) is 4.62. The van der Waals surface area contributed by atoms with Gasteiger partial charge >= 0.3 is 0 Å². The van der Waals surface area contributed by atoms with Crippen molar-refractivity contribution in [3.05, 3.63) is 58.7 Å². The highest BCUT2D eigenvalue weighted by molar-refractivity contribution is 6.67. The van der Waals surface area contributed by atoms with E-state index in [9.17, 15) is 4.79 Å². The van der Waals surface area contributed by atoms with Gasteiger partial charge in [-0.1, -0.05) is 31.0 Å². The Kier molecular flexibility index (Phi) is 4.92. The van der Waals surface area contributed by atoms with Crippen LogP contribution in [0.4, 0.5) is 0 Å². The lowest BCUT2D eigenvalue weighted by atomic mass is 9.75. The molecule has 1 saturated carbocycles. The molecule has 0 radical (unpaired) electrons. The molecule has 1 aliphatic carbocycles. The molecule has 2 aromatic carbocycles. The van der Waals surface area contributed by atoms with Crippen LogP contribution in [0.5, 0.6) is 11.5 Å². The van der Waals surface area contributed by atoms with E-state index < -0.39 is 5.24 Å². The van der Waals surface area contributed by atoms with Crippen molar-refractivity contribution in [3.8, 4) is 11.5 Å². The predicted molar refractivity (Wildman–Crippen MR) is 107 cm³/mol. The van der Waals surface area contributed by atoms with Crippen LogP contribution in [0, 0.1) is 0 Å². The van der Waals surface area contributed by atoms with Crippen LogP contribution >= 0.6 is 11.6 Å². The van der Waals surface area contributed by atoms with E-state index in [1.807, 2.05) is 24.3 Å². The van der Waals surface area contributed by atoms with Crippen LogP contribution in [-0.4, -0.2) is 31.2 Å². The highest BCUT2D eigenvalue weighted by Crippen LogP contribution is 2.44. The maximum atomic E-state index is 11.6. The number of halogens is 1. The number of fused-ring (bicyclic) bond motifs is 3. The fourth-order valence-electron chi connectivity index (χ4n) is 4.29. The summed E-state index contributed by atoms with van der Waals surface area (Å²) in [6, 6.07) is 11.7. The maximum absolute atomic E-state index is 11.6. The van der Waals surface area contributed by atoms with Crippen molar-refractivity contribution in [3.63, 3.8) is 0 Å². The van der Waals surface area contributed by atoms with Crippen molar-refractivity contribution in [2.45, 2.75) is 37.6 Å². The van der Waals surface area contributed by atoms with Crippen molar-refractivity contribution in [2.24, 2.45) is 4.99 Å². The Labute approximate surface area is 164 Å². The molecule has 140 valence electrons. The minimum atomic E-state index is -0.462. The third-order valence-corrected chi connectivity index (χ3v) is 5.82. The molecule has 2 aromatic rings. The van der Waals surface area contributed by atoms with Crippen molar-refractivity contribution in [1.29, 1.82) is 0 Å². The van der Waals surface area contributed by atoms with Crippen molar-refractivity contribution >= 4 is 22.6 Å². The molecule has 1 aliphatic heterocycles. The van der Waals surface area contributed by atoms with Gasteiger partial charge in [-0.25, -0.2) is 0 Å². The second-order valence-electron chi connectivity index (χ2n) is 7.08. The van der Waals surface area contributed by atoms with Crippen LogP contribution in [0.1, 0.15) is 58.6 Å². The molecule has 27 heavy (non-hydrogen) atoms. The zero-order valence-corrected chi connectivity index (χ0v) is 16.3. The van der Waals surface area contributed by atoms with Gasteiger partial charge in [-0.05, 0) is 48.2 Å². The number of ether oxygens (including phenoxy) is 2. The molecule has 0 bridgehead atoms. The van der Waals surface area contributed by atoms with Gasteiger partial charge in [0.1, 0.15) is 0 Å². The lowest BCUT2D eigenvalue weighted by molar-refractivity contribution is 0.108. The summed E-state index contributed by atoms with van der Waals surface area (Å²) < 4.78 is 11.1. The zero-order valence-electron chi connectivity index (χ0n) is 15.5. The molecule has 1 heterocycles. The highest BCUT2D eigenvalue weighted by atomic mass is 35.5. The molecule has 1 fully saturated rings. The van der Waals surface area contributed by atoms with Gasteiger partial charge in [0.15, 0.2) is 11.5 Å². The molecule has 0 unspecified atom stereocenters. The molecular formula is C22H22ClNO3. The Hall–Kier alpha value is -2.33. The Morgan fingerprint density at radius 1 is 1.07 bits per heavy atom. The third-order valence-electron chi connectivity index (χ3n) is 5.60. The highest BCUT2D eigenvalue weighted by Gasteiger charge is 2.34. The number of hydrogen-bond donors (Lipinski definition) is 0. The summed E-state index contributed by atoms with van der Waals surface area (Å²) in [5.41, 5.74) is 4.58. The van der Waals surface area contributed by atoms with Crippen LogP contribution < -0.4 is 9.47 Å². The van der Waals surface area contributed by atoms with Gasteiger partial charge in [-0.3, -0.25) is 9.79 Å². The van der Waals surface area contributed by atoms with Crippen molar-refractivity contribution < 1.29 is 14.3 Å². The summed E-state index contributed by atoms with van der Waals surface area (Å²) in [5.74, 6) is 1.82. The van der Waals surface area contributed by atoms with E-state index in [2.05, 4.69) is 6.07 Å². The van der Waals surface area contributed by atoms with E-state index >= 15 is 0 Å². The number of benzene rings is 2. The van der Waals surface area contributed by atoms with Crippen molar-refractivity contribution in [1.82, 2.24) is 0 Å². The molecule has 0 amide bonds. The minimum Gasteiger partial charge on any atom is -0.493 e. The van der Waals surface area contributed by atoms with E-state index in [0.717, 1.165) is 35.4 Å². The van der Waals surface area contributed by atoms with Gasteiger partial charge in [-0.2, -0.15) is 0 Å². The summed E-state index contributed by atoms with van der Waals surface area (Å²) >= 11 is 5.70. The second kappa shape index (κ2) is 7.35. The lowest BCUT2D eigenvalue weighted by Crippen LogP contribution is -2.29. The van der Waals surface area contributed by atoms with Gasteiger partial charge in [0.25, 0.3) is 5.24 Å². The van der Waals surface area contributed by atoms with Crippen LogP contribution in [0.25, 0.3) is 0 Å². The average Bonchev–Trinajstić information content (AvgIpc) is 2.72. The Bertz CT molecular complexity index is 922. The van der Waals surface area contributed by atoms with E-state index in [-0.39, 0.29) is 6.04 Å². The van der Waals surface area contributed by atoms with E-state index in [4.69, 9.17) is 26.1 Å². The summed E-state index contributed by atoms with van der Waals surface area (Å²) in [5, 5.41) is -0.462. The number of carbonyl (C=O) groups excluding carboxylic acids is 1. The van der Waals surface area contributed by atoms with Gasteiger partial charge in [-0.15, -0.1) is 0 Å². The topological polar surface area (TPSA) is 47.9 Å². The number of carbonyl (C=O) groups is 1. The second-order valence-corrected chi connectivity index (χ2v) is 7.43. The van der Waals surface area contributed by atoms with Gasteiger partial charge < -0.3 is 9.47 Å². The fraction of sp³-hybridized carbons (Fsp3) is 0.364. The number of nitrogens with zero attached hydrogens (tertiary/aromatic N) is 1. The summed E-state index contributed by atoms with van der Waals surface area (Å²) in [7, 11) is 3.30. The fourth-order valence-corrected chi connectivity index (χ4v) is 4.41. The molecule has 0 saturated heterocycles. The minimum absolute atomic E-state index is 0.259. The summed E-state index contributed by atoms with van der Waals surface area (Å²) in [6.45, 7) is 0. The monoisotopic (exact) mass is 383 g/mol. The van der Waals surface area contributed by atoms with E-state index in [1.165, 1.54) is 18.4 Å². The molecule has 0 spiro atoms. The van der Waals surface area contributed by atoms with Crippen LogP contribution in [0.15, 0.2) is 41.4 Å². The molecule has 5 heteroatoms. The SMILES string of the molecule is COc1cc2c(cc1OC)[C@H]1CCCC[C@H]1N=C2c1cccc(C(=O)Cl)c1. The van der Waals surface area contributed by atoms with Crippen LogP contribution in [0.2, 0.25) is 0 Å². The van der Waals surface area contributed by atoms with Gasteiger partial charge in [0.2, 0.25) is 0 Å². The number of hydrogen-bond acceptors (Lipinski definition) is 4. The number of methoxy groups -OCH3 is 2. The number of rotatable bonds is 4. The van der Waals surface area contributed by atoms with E-state index in [1.54, 1.807) is 20.3 Å². The van der Waals surface area contributed by atoms with Gasteiger partial charge in [0, 0.05) is 22.6 Å². The zero-order chi connectivity index (χ0) is 19.0. The summed E-state index contributed by atoms with van der Waals surface area (Å²) in [4.78, 5) is 16.7. The molecule has 2 aliphatic rings. The molecular weight excluding hydrogens is 362 g/mol. The Balaban J connectivity index is 1.91. The molecule has 0 aromatic heterocycles. The number of aliphatic imine (C=N–C) groups is 1. The first-order valence-corrected chi connectivity index (χ1v) is 9.64. The van der Waals surface area contributed by atoms with Crippen LogP contribution in [-0.2, 0) is 0 Å². The quantitative estimate of drug-likeness (QED) is 0.701. The first-order valence-electron chi connectivity index (χ1n) is 9.26. The maximum Gasteiger partial charge on any atom is 0.252 e. The predicted octanol–water partition coefficient (Wildman–Crippen LogP) is 4.96. The van der Waals surface area contributed by atoms with Crippen LogP contribution in [0.3, 0.4) is 0 Å².